The van der Waals surface area contributed by atoms with E-state index in [1.807, 2.05) is 0 Å². The number of hydrogen-bond donors (Lipinski definition) is 1. The second-order valence-corrected chi connectivity index (χ2v) is 5.57. The number of rotatable bonds is 5. The van der Waals surface area contributed by atoms with Crippen LogP contribution in [-0.4, -0.2) is 30.6 Å². The van der Waals surface area contributed by atoms with Gasteiger partial charge >= 0.3 is 0 Å². The molecule has 0 amide bonds. The maximum absolute atomic E-state index is 5.93. The highest BCUT2D eigenvalue weighted by Gasteiger charge is 2.32. The summed E-state index contributed by atoms with van der Waals surface area (Å²) in [7, 11) is 2.29. The van der Waals surface area contributed by atoms with Crippen molar-refractivity contribution in [3.05, 3.63) is 0 Å². The molecule has 0 radical (unpaired) electrons. The lowest BCUT2D eigenvalue weighted by atomic mass is 9.76. The summed E-state index contributed by atoms with van der Waals surface area (Å²) in [4.78, 5) is 2.58. The van der Waals surface area contributed by atoms with Crippen LogP contribution < -0.4 is 5.73 Å². The Balaban J connectivity index is 2.63. The van der Waals surface area contributed by atoms with Gasteiger partial charge in [0, 0.05) is 12.1 Å². The van der Waals surface area contributed by atoms with Crippen molar-refractivity contribution in [3.63, 3.8) is 0 Å². The van der Waals surface area contributed by atoms with Crippen LogP contribution in [0.5, 0.6) is 0 Å². The van der Waals surface area contributed by atoms with Crippen LogP contribution in [0.25, 0.3) is 0 Å². The molecule has 0 spiro atoms. The highest BCUT2D eigenvalue weighted by atomic mass is 15.2. The van der Waals surface area contributed by atoms with Crippen molar-refractivity contribution < 1.29 is 0 Å². The molecule has 0 aliphatic heterocycles. The standard InChI is InChI=1S/C14H30N2/c1-5-11(3)16(4)14-9-12(6-2)7-8-13(14)10-15/h11-14H,5-10,15H2,1-4H3. The van der Waals surface area contributed by atoms with Gasteiger partial charge in [-0.25, -0.2) is 0 Å². The molecule has 1 saturated carbocycles. The molecule has 2 heteroatoms. The highest BCUT2D eigenvalue weighted by Crippen LogP contribution is 2.34. The summed E-state index contributed by atoms with van der Waals surface area (Å²) in [6, 6.07) is 1.41. The molecule has 96 valence electrons. The Hall–Kier alpha value is -0.0800. The monoisotopic (exact) mass is 226 g/mol. The first-order chi connectivity index (χ1) is 7.63. The van der Waals surface area contributed by atoms with E-state index < -0.39 is 0 Å². The van der Waals surface area contributed by atoms with Crippen molar-refractivity contribution in [3.8, 4) is 0 Å². The summed E-state index contributed by atoms with van der Waals surface area (Å²) < 4.78 is 0. The summed E-state index contributed by atoms with van der Waals surface area (Å²) >= 11 is 0. The normalized spacial score (nSPS) is 33.0. The van der Waals surface area contributed by atoms with Gasteiger partial charge in [-0.15, -0.1) is 0 Å². The molecule has 0 heterocycles. The number of nitrogens with two attached hydrogens (primary N) is 1. The van der Waals surface area contributed by atoms with Crippen molar-refractivity contribution in [1.29, 1.82) is 0 Å². The van der Waals surface area contributed by atoms with Gasteiger partial charge in [-0.3, -0.25) is 0 Å². The van der Waals surface area contributed by atoms with E-state index in [1.165, 1.54) is 32.1 Å². The minimum Gasteiger partial charge on any atom is -0.330 e. The molecule has 0 aromatic carbocycles. The smallest absolute Gasteiger partial charge is 0.0138 e. The van der Waals surface area contributed by atoms with Crippen LogP contribution in [0.3, 0.4) is 0 Å². The van der Waals surface area contributed by atoms with Gasteiger partial charge < -0.3 is 10.6 Å². The van der Waals surface area contributed by atoms with Crippen molar-refractivity contribution in [1.82, 2.24) is 4.90 Å². The first kappa shape index (κ1) is 14.0. The van der Waals surface area contributed by atoms with Crippen molar-refractivity contribution in [2.24, 2.45) is 17.6 Å². The fourth-order valence-corrected chi connectivity index (χ4v) is 3.05. The van der Waals surface area contributed by atoms with Gasteiger partial charge in [0.05, 0.1) is 0 Å². The Labute approximate surface area is 102 Å². The Bertz CT molecular complexity index is 191. The van der Waals surface area contributed by atoms with E-state index >= 15 is 0 Å². The molecule has 1 aliphatic carbocycles. The fourth-order valence-electron chi connectivity index (χ4n) is 3.05. The Morgan fingerprint density at radius 1 is 1.31 bits per heavy atom. The maximum Gasteiger partial charge on any atom is 0.0138 e. The van der Waals surface area contributed by atoms with E-state index in [9.17, 15) is 0 Å². The lowest BCUT2D eigenvalue weighted by Gasteiger charge is -2.43. The predicted molar refractivity (Wildman–Crippen MR) is 71.5 cm³/mol. The molecule has 0 bridgehead atoms. The van der Waals surface area contributed by atoms with Gasteiger partial charge in [0.1, 0.15) is 0 Å². The molecular formula is C14H30N2. The Morgan fingerprint density at radius 3 is 2.50 bits per heavy atom. The Morgan fingerprint density at radius 2 is 2.00 bits per heavy atom. The molecule has 1 aliphatic rings. The third-order valence-electron chi connectivity index (χ3n) is 4.75. The van der Waals surface area contributed by atoms with E-state index in [0.717, 1.165) is 24.4 Å². The summed E-state index contributed by atoms with van der Waals surface area (Å²) in [5.74, 6) is 1.65. The van der Waals surface area contributed by atoms with Crippen LogP contribution >= 0.6 is 0 Å². The topological polar surface area (TPSA) is 29.3 Å². The summed E-state index contributed by atoms with van der Waals surface area (Å²) in [6.45, 7) is 7.80. The van der Waals surface area contributed by atoms with E-state index in [2.05, 4.69) is 32.7 Å². The minimum absolute atomic E-state index is 0.689. The van der Waals surface area contributed by atoms with Crippen LogP contribution in [0.4, 0.5) is 0 Å². The van der Waals surface area contributed by atoms with Crippen molar-refractivity contribution >= 4 is 0 Å². The van der Waals surface area contributed by atoms with Gasteiger partial charge in [0.2, 0.25) is 0 Å². The average molecular weight is 226 g/mol. The fraction of sp³-hybridized carbons (Fsp3) is 1.00. The van der Waals surface area contributed by atoms with Crippen LogP contribution in [0, 0.1) is 11.8 Å². The maximum atomic E-state index is 5.93. The molecule has 0 aromatic rings. The highest BCUT2D eigenvalue weighted by molar-refractivity contribution is 4.87. The molecule has 1 rings (SSSR count). The third-order valence-corrected chi connectivity index (χ3v) is 4.75. The quantitative estimate of drug-likeness (QED) is 0.781. The molecule has 2 N–H and O–H groups in total. The van der Waals surface area contributed by atoms with E-state index in [-0.39, 0.29) is 0 Å². The predicted octanol–water partition coefficient (Wildman–Crippen LogP) is 2.87. The lowest BCUT2D eigenvalue weighted by molar-refractivity contribution is 0.0726. The summed E-state index contributed by atoms with van der Waals surface area (Å²) in [5, 5.41) is 0. The van der Waals surface area contributed by atoms with E-state index in [0.29, 0.717) is 6.04 Å². The van der Waals surface area contributed by atoms with Gasteiger partial charge in [-0.05, 0) is 51.6 Å². The van der Waals surface area contributed by atoms with E-state index in [1.54, 1.807) is 0 Å². The van der Waals surface area contributed by atoms with Crippen LogP contribution in [0.1, 0.15) is 52.9 Å². The lowest BCUT2D eigenvalue weighted by Crippen LogP contribution is -2.48. The second kappa shape index (κ2) is 6.61. The number of hydrogen-bond acceptors (Lipinski definition) is 2. The largest absolute Gasteiger partial charge is 0.330 e. The van der Waals surface area contributed by atoms with Gasteiger partial charge in [0.15, 0.2) is 0 Å². The summed E-state index contributed by atoms with van der Waals surface area (Å²) in [5.41, 5.74) is 5.93. The summed E-state index contributed by atoms with van der Waals surface area (Å²) in [6.07, 6.45) is 6.66. The molecule has 2 nitrogen and oxygen atoms in total. The zero-order valence-corrected chi connectivity index (χ0v) is 11.6. The second-order valence-electron chi connectivity index (χ2n) is 5.57. The minimum atomic E-state index is 0.689. The Kier molecular flexibility index (Phi) is 5.77. The van der Waals surface area contributed by atoms with Gasteiger partial charge in [0.25, 0.3) is 0 Å². The third kappa shape index (κ3) is 3.21. The van der Waals surface area contributed by atoms with E-state index in [4.69, 9.17) is 5.73 Å². The molecular weight excluding hydrogens is 196 g/mol. The zero-order chi connectivity index (χ0) is 12.1. The molecule has 4 atom stereocenters. The van der Waals surface area contributed by atoms with Crippen LogP contribution in [-0.2, 0) is 0 Å². The first-order valence-electron chi connectivity index (χ1n) is 7.05. The molecule has 16 heavy (non-hydrogen) atoms. The molecule has 0 saturated heterocycles. The zero-order valence-electron chi connectivity index (χ0n) is 11.6. The van der Waals surface area contributed by atoms with Crippen LogP contribution in [0.2, 0.25) is 0 Å². The first-order valence-corrected chi connectivity index (χ1v) is 7.05. The van der Waals surface area contributed by atoms with Gasteiger partial charge in [-0.2, -0.15) is 0 Å². The molecule has 4 unspecified atom stereocenters. The number of nitrogens with zero attached hydrogens (tertiary/aromatic N) is 1. The van der Waals surface area contributed by atoms with Crippen molar-refractivity contribution in [2.75, 3.05) is 13.6 Å². The van der Waals surface area contributed by atoms with Crippen LogP contribution in [0.15, 0.2) is 0 Å². The molecule has 1 fully saturated rings. The van der Waals surface area contributed by atoms with Crippen molar-refractivity contribution in [2.45, 2.75) is 65.0 Å². The average Bonchev–Trinajstić information content (AvgIpc) is 2.35. The van der Waals surface area contributed by atoms with Gasteiger partial charge in [-0.1, -0.05) is 26.7 Å². The molecule has 0 aromatic heterocycles. The SMILES string of the molecule is CCC1CCC(CN)C(N(C)C(C)CC)C1.